The van der Waals surface area contributed by atoms with Gasteiger partial charge in [-0.25, -0.2) is 0 Å². The molecule has 0 amide bonds. The third-order valence-electron chi connectivity index (χ3n) is 5.15. The Labute approximate surface area is 122 Å². The van der Waals surface area contributed by atoms with E-state index in [9.17, 15) is 0 Å². The largest absolute Gasteiger partial charge is 0.465 e. The van der Waals surface area contributed by atoms with Gasteiger partial charge in [-0.05, 0) is 58.2 Å². The average molecular weight is 276 g/mol. The quantitative estimate of drug-likeness (QED) is 0.913. The second-order valence-corrected chi connectivity index (χ2v) is 6.55. The maximum absolute atomic E-state index is 5.84. The fourth-order valence-electron chi connectivity index (χ4n) is 4.15. The number of hydrogen-bond acceptors (Lipinski definition) is 3. The van der Waals surface area contributed by atoms with Gasteiger partial charge in [0.2, 0.25) is 0 Å². The van der Waals surface area contributed by atoms with Gasteiger partial charge in [0.15, 0.2) is 0 Å². The molecule has 20 heavy (non-hydrogen) atoms. The fraction of sp³-hybridized carbons (Fsp3) is 0.765. The van der Waals surface area contributed by atoms with Gasteiger partial charge in [0, 0.05) is 18.2 Å². The molecule has 0 radical (unpaired) electrons. The lowest BCUT2D eigenvalue weighted by molar-refractivity contribution is 0.0544. The highest BCUT2D eigenvalue weighted by molar-refractivity contribution is 5.21. The molecule has 0 bridgehead atoms. The van der Waals surface area contributed by atoms with E-state index in [1.807, 2.05) is 7.05 Å². The molecule has 3 nitrogen and oxygen atoms in total. The van der Waals surface area contributed by atoms with Crippen molar-refractivity contribution in [2.75, 3.05) is 13.6 Å². The van der Waals surface area contributed by atoms with Crippen LogP contribution in [0.2, 0.25) is 0 Å². The first-order valence-corrected chi connectivity index (χ1v) is 8.24. The third kappa shape index (κ3) is 2.94. The van der Waals surface area contributed by atoms with Gasteiger partial charge >= 0.3 is 0 Å². The van der Waals surface area contributed by atoms with Gasteiger partial charge in [-0.2, -0.15) is 0 Å². The molecule has 1 aromatic heterocycles. The van der Waals surface area contributed by atoms with Gasteiger partial charge in [-0.3, -0.25) is 4.90 Å². The highest BCUT2D eigenvalue weighted by Gasteiger charge is 2.33. The molecule has 1 aromatic rings. The standard InChI is InChI=1S/C17H28N2O/c1-13-15(10-16(20-13)11-18-2)12-19-9-5-7-14-6-3-4-8-17(14)19/h10,14,17-18H,3-9,11-12H2,1-2H3/t14-,17-/m1/s1. The van der Waals surface area contributed by atoms with Crippen molar-refractivity contribution < 1.29 is 4.42 Å². The van der Waals surface area contributed by atoms with Gasteiger partial charge in [-0.15, -0.1) is 0 Å². The number of fused-ring (bicyclic) bond motifs is 1. The topological polar surface area (TPSA) is 28.4 Å². The Hall–Kier alpha value is -0.800. The lowest BCUT2D eigenvalue weighted by atomic mass is 9.78. The minimum atomic E-state index is 0.826. The molecule has 3 heteroatoms. The molecule has 1 saturated carbocycles. The Kier molecular flexibility index (Phi) is 4.47. The summed E-state index contributed by atoms with van der Waals surface area (Å²) in [4.78, 5) is 2.73. The first-order chi connectivity index (χ1) is 9.78. The lowest BCUT2D eigenvalue weighted by Gasteiger charge is -2.44. The van der Waals surface area contributed by atoms with Gasteiger partial charge in [-0.1, -0.05) is 12.8 Å². The Bertz CT molecular complexity index is 438. The number of nitrogens with zero attached hydrogens (tertiary/aromatic N) is 1. The zero-order chi connectivity index (χ0) is 13.9. The van der Waals surface area contributed by atoms with Crippen LogP contribution in [-0.4, -0.2) is 24.5 Å². The molecule has 0 spiro atoms. The zero-order valence-corrected chi connectivity index (χ0v) is 13.0. The van der Waals surface area contributed by atoms with E-state index in [-0.39, 0.29) is 0 Å². The van der Waals surface area contributed by atoms with Crippen molar-refractivity contribution >= 4 is 0 Å². The molecule has 0 unspecified atom stereocenters. The molecular formula is C17H28N2O. The summed E-state index contributed by atoms with van der Waals surface area (Å²) in [6.45, 7) is 5.29. The predicted molar refractivity (Wildman–Crippen MR) is 81.6 cm³/mol. The van der Waals surface area contributed by atoms with Crippen molar-refractivity contribution in [3.8, 4) is 0 Å². The molecule has 2 heterocycles. The van der Waals surface area contributed by atoms with Crippen molar-refractivity contribution in [3.63, 3.8) is 0 Å². The first-order valence-electron chi connectivity index (χ1n) is 8.24. The van der Waals surface area contributed by atoms with Crippen molar-refractivity contribution in [2.24, 2.45) is 5.92 Å². The van der Waals surface area contributed by atoms with Crippen molar-refractivity contribution in [2.45, 2.75) is 64.6 Å². The summed E-state index contributed by atoms with van der Waals surface area (Å²) >= 11 is 0. The van der Waals surface area contributed by atoms with Crippen LogP contribution >= 0.6 is 0 Å². The number of likely N-dealkylation sites (tertiary alicyclic amines) is 1. The number of piperidine rings is 1. The maximum atomic E-state index is 5.84. The van der Waals surface area contributed by atoms with E-state index in [1.165, 1.54) is 50.6 Å². The minimum absolute atomic E-state index is 0.826. The molecule has 3 rings (SSSR count). The Morgan fingerprint density at radius 3 is 2.90 bits per heavy atom. The normalized spacial score (nSPS) is 27.5. The van der Waals surface area contributed by atoms with Crippen LogP contribution in [0.3, 0.4) is 0 Å². The van der Waals surface area contributed by atoms with E-state index in [0.29, 0.717) is 0 Å². The van der Waals surface area contributed by atoms with E-state index in [0.717, 1.165) is 36.6 Å². The summed E-state index contributed by atoms with van der Waals surface area (Å²) in [5.41, 5.74) is 1.39. The van der Waals surface area contributed by atoms with Crippen molar-refractivity contribution in [1.29, 1.82) is 0 Å². The molecule has 2 atom stereocenters. The second-order valence-electron chi connectivity index (χ2n) is 6.55. The molecule has 1 N–H and O–H groups in total. The molecule has 2 fully saturated rings. The minimum Gasteiger partial charge on any atom is -0.465 e. The summed E-state index contributed by atoms with van der Waals surface area (Å²) in [5, 5.41) is 3.17. The zero-order valence-electron chi connectivity index (χ0n) is 13.0. The van der Waals surface area contributed by atoms with E-state index < -0.39 is 0 Å². The van der Waals surface area contributed by atoms with E-state index in [1.54, 1.807) is 0 Å². The van der Waals surface area contributed by atoms with Gasteiger partial charge in [0.05, 0.1) is 6.54 Å². The van der Waals surface area contributed by atoms with Crippen LogP contribution in [0, 0.1) is 12.8 Å². The first kappa shape index (κ1) is 14.2. The van der Waals surface area contributed by atoms with Gasteiger partial charge < -0.3 is 9.73 Å². The summed E-state index contributed by atoms with van der Waals surface area (Å²) in [6, 6.07) is 3.08. The fourth-order valence-corrected chi connectivity index (χ4v) is 4.15. The number of aryl methyl sites for hydroxylation is 1. The van der Waals surface area contributed by atoms with Crippen LogP contribution in [0.5, 0.6) is 0 Å². The van der Waals surface area contributed by atoms with Gasteiger partial charge in [0.25, 0.3) is 0 Å². The molecule has 1 aliphatic heterocycles. The number of hydrogen-bond donors (Lipinski definition) is 1. The van der Waals surface area contributed by atoms with Crippen LogP contribution in [-0.2, 0) is 13.1 Å². The van der Waals surface area contributed by atoms with E-state index >= 15 is 0 Å². The SMILES string of the molecule is CNCc1cc(CN2CCC[C@H]3CCCC[C@H]32)c(C)o1. The van der Waals surface area contributed by atoms with Gasteiger partial charge in [0.1, 0.15) is 11.5 Å². The number of furan rings is 1. The highest BCUT2D eigenvalue weighted by atomic mass is 16.3. The van der Waals surface area contributed by atoms with Crippen molar-refractivity contribution in [1.82, 2.24) is 10.2 Å². The van der Waals surface area contributed by atoms with Crippen LogP contribution < -0.4 is 5.32 Å². The molecule has 1 saturated heterocycles. The number of rotatable bonds is 4. The Morgan fingerprint density at radius 2 is 2.05 bits per heavy atom. The molecule has 0 aromatic carbocycles. The third-order valence-corrected chi connectivity index (χ3v) is 5.15. The molecule has 1 aliphatic carbocycles. The smallest absolute Gasteiger partial charge is 0.118 e. The Morgan fingerprint density at radius 1 is 1.25 bits per heavy atom. The molecule has 2 aliphatic rings. The average Bonchev–Trinajstić information content (AvgIpc) is 2.80. The summed E-state index contributed by atoms with van der Waals surface area (Å²) in [5.74, 6) is 3.13. The Balaban J connectivity index is 1.69. The lowest BCUT2D eigenvalue weighted by Crippen LogP contribution is -2.46. The van der Waals surface area contributed by atoms with Crippen molar-refractivity contribution in [3.05, 3.63) is 23.2 Å². The predicted octanol–water partition coefficient (Wildman–Crippen LogP) is 3.46. The van der Waals surface area contributed by atoms with E-state index in [4.69, 9.17) is 4.42 Å². The molecular weight excluding hydrogens is 248 g/mol. The van der Waals surface area contributed by atoms with Crippen LogP contribution in [0.15, 0.2) is 10.5 Å². The maximum Gasteiger partial charge on any atom is 0.118 e. The highest BCUT2D eigenvalue weighted by Crippen LogP contribution is 2.36. The van der Waals surface area contributed by atoms with E-state index in [2.05, 4.69) is 23.2 Å². The number of nitrogens with one attached hydrogen (secondary N) is 1. The summed E-state index contributed by atoms with van der Waals surface area (Å²) in [7, 11) is 1.97. The second kappa shape index (κ2) is 6.31. The monoisotopic (exact) mass is 276 g/mol. The summed E-state index contributed by atoms with van der Waals surface area (Å²) < 4.78 is 5.84. The van der Waals surface area contributed by atoms with Crippen LogP contribution in [0.25, 0.3) is 0 Å². The molecule has 112 valence electrons. The van der Waals surface area contributed by atoms with Crippen LogP contribution in [0.4, 0.5) is 0 Å². The summed E-state index contributed by atoms with van der Waals surface area (Å²) in [6.07, 6.45) is 8.57. The van der Waals surface area contributed by atoms with Crippen LogP contribution in [0.1, 0.15) is 55.6 Å².